The van der Waals surface area contributed by atoms with E-state index in [1.165, 1.54) is 23.6 Å². The normalized spacial score (nSPS) is 20.6. The topological polar surface area (TPSA) is 29.3 Å². The Morgan fingerprint density at radius 3 is 2.44 bits per heavy atom. The standard InChI is InChI=1S/C14H21FN2S/c1-14(11-16,17-6-8-18-9-7-17)10-12-2-4-13(15)5-3-12/h2-5H,6-11,16H2,1H3. The van der Waals surface area contributed by atoms with E-state index in [0.29, 0.717) is 6.54 Å². The van der Waals surface area contributed by atoms with Gasteiger partial charge < -0.3 is 5.73 Å². The maximum atomic E-state index is 12.9. The first kappa shape index (κ1) is 13.8. The molecule has 2 N–H and O–H groups in total. The van der Waals surface area contributed by atoms with Gasteiger partial charge in [0.25, 0.3) is 0 Å². The van der Waals surface area contributed by atoms with Crippen LogP contribution in [0.15, 0.2) is 24.3 Å². The lowest BCUT2D eigenvalue weighted by molar-refractivity contribution is 0.123. The number of nitrogens with two attached hydrogens (primary N) is 1. The predicted molar refractivity (Wildman–Crippen MR) is 76.5 cm³/mol. The zero-order chi connectivity index (χ0) is 13.0. The van der Waals surface area contributed by atoms with Gasteiger partial charge in [0.1, 0.15) is 5.82 Å². The Balaban J connectivity index is 2.08. The number of halogens is 1. The van der Waals surface area contributed by atoms with Crippen molar-refractivity contribution in [2.45, 2.75) is 18.9 Å². The van der Waals surface area contributed by atoms with E-state index in [1.54, 1.807) is 0 Å². The smallest absolute Gasteiger partial charge is 0.123 e. The van der Waals surface area contributed by atoms with Gasteiger partial charge in [-0.2, -0.15) is 11.8 Å². The lowest BCUT2D eigenvalue weighted by atomic mass is 9.90. The molecular formula is C14H21FN2S. The van der Waals surface area contributed by atoms with Crippen LogP contribution in [0.1, 0.15) is 12.5 Å². The van der Waals surface area contributed by atoms with Crippen molar-refractivity contribution < 1.29 is 4.39 Å². The van der Waals surface area contributed by atoms with Gasteiger partial charge in [-0.1, -0.05) is 12.1 Å². The monoisotopic (exact) mass is 268 g/mol. The van der Waals surface area contributed by atoms with Crippen molar-refractivity contribution in [1.29, 1.82) is 0 Å². The molecule has 1 aromatic carbocycles. The molecule has 2 nitrogen and oxygen atoms in total. The molecule has 1 aliphatic heterocycles. The largest absolute Gasteiger partial charge is 0.329 e. The summed E-state index contributed by atoms with van der Waals surface area (Å²) in [7, 11) is 0. The third-order valence-corrected chi connectivity index (χ3v) is 4.65. The van der Waals surface area contributed by atoms with Crippen molar-refractivity contribution in [2.24, 2.45) is 5.73 Å². The average Bonchev–Trinajstić information content (AvgIpc) is 2.42. The van der Waals surface area contributed by atoms with Crippen molar-refractivity contribution in [2.75, 3.05) is 31.1 Å². The molecular weight excluding hydrogens is 247 g/mol. The molecule has 1 saturated heterocycles. The van der Waals surface area contributed by atoms with Gasteiger partial charge in [0.05, 0.1) is 0 Å². The number of hydrogen-bond donors (Lipinski definition) is 1. The molecule has 0 saturated carbocycles. The van der Waals surface area contributed by atoms with Gasteiger partial charge in [-0.3, -0.25) is 4.90 Å². The number of hydrogen-bond acceptors (Lipinski definition) is 3. The summed E-state index contributed by atoms with van der Waals surface area (Å²) in [5, 5.41) is 0. The maximum absolute atomic E-state index is 12.9. The Bertz CT molecular complexity index is 376. The fourth-order valence-electron chi connectivity index (χ4n) is 2.46. The Morgan fingerprint density at radius 2 is 1.89 bits per heavy atom. The molecule has 18 heavy (non-hydrogen) atoms. The van der Waals surface area contributed by atoms with E-state index in [-0.39, 0.29) is 11.4 Å². The van der Waals surface area contributed by atoms with Crippen LogP contribution in [0.25, 0.3) is 0 Å². The van der Waals surface area contributed by atoms with Gasteiger partial charge in [-0.15, -0.1) is 0 Å². The molecule has 4 heteroatoms. The fourth-order valence-corrected chi connectivity index (χ4v) is 3.36. The molecule has 100 valence electrons. The highest BCUT2D eigenvalue weighted by Crippen LogP contribution is 2.23. The average molecular weight is 268 g/mol. The quantitative estimate of drug-likeness (QED) is 0.907. The summed E-state index contributed by atoms with van der Waals surface area (Å²) < 4.78 is 12.9. The molecule has 0 aromatic heterocycles. The van der Waals surface area contributed by atoms with Crippen LogP contribution in [-0.2, 0) is 6.42 Å². The predicted octanol–water partition coefficient (Wildman–Crippen LogP) is 2.13. The van der Waals surface area contributed by atoms with Crippen LogP contribution in [0.3, 0.4) is 0 Å². The number of thioether (sulfide) groups is 1. The van der Waals surface area contributed by atoms with Crippen LogP contribution in [0.4, 0.5) is 4.39 Å². The molecule has 0 radical (unpaired) electrons. The number of nitrogens with zero attached hydrogens (tertiary/aromatic N) is 1. The third kappa shape index (κ3) is 3.25. The van der Waals surface area contributed by atoms with E-state index < -0.39 is 0 Å². The number of benzene rings is 1. The van der Waals surface area contributed by atoms with Crippen molar-refractivity contribution in [3.63, 3.8) is 0 Å². The van der Waals surface area contributed by atoms with Crippen LogP contribution in [0, 0.1) is 5.82 Å². The van der Waals surface area contributed by atoms with E-state index in [2.05, 4.69) is 11.8 Å². The van der Waals surface area contributed by atoms with E-state index in [9.17, 15) is 4.39 Å². The highest BCUT2D eigenvalue weighted by atomic mass is 32.2. The van der Waals surface area contributed by atoms with Crippen LogP contribution in [-0.4, -0.2) is 41.6 Å². The first-order valence-electron chi connectivity index (χ1n) is 6.41. The minimum atomic E-state index is -0.178. The summed E-state index contributed by atoms with van der Waals surface area (Å²) in [5.41, 5.74) is 7.13. The zero-order valence-corrected chi connectivity index (χ0v) is 11.7. The Labute approximate surface area is 113 Å². The maximum Gasteiger partial charge on any atom is 0.123 e. The lowest BCUT2D eigenvalue weighted by Gasteiger charge is -2.43. The minimum Gasteiger partial charge on any atom is -0.329 e. The van der Waals surface area contributed by atoms with Crippen molar-refractivity contribution in [3.05, 3.63) is 35.6 Å². The molecule has 1 fully saturated rings. The van der Waals surface area contributed by atoms with Gasteiger partial charge in [0, 0.05) is 36.7 Å². The Hall–Kier alpha value is -0.580. The number of rotatable bonds is 4. The summed E-state index contributed by atoms with van der Waals surface area (Å²) >= 11 is 2.00. The first-order valence-corrected chi connectivity index (χ1v) is 7.57. The molecule has 1 aromatic rings. The van der Waals surface area contributed by atoms with Crippen LogP contribution >= 0.6 is 11.8 Å². The molecule has 1 heterocycles. The molecule has 2 rings (SSSR count). The molecule has 1 aliphatic rings. The van der Waals surface area contributed by atoms with Crippen molar-refractivity contribution in [1.82, 2.24) is 4.90 Å². The third-order valence-electron chi connectivity index (χ3n) is 3.71. The molecule has 1 unspecified atom stereocenters. The van der Waals surface area contributed by atoms with E-state index in [1.807, 2.05) is 23.9 Å². The second kappa shape index (κ2) is 6.04. The lowest BCUT2D eigenvalue weighted by Crippen LogP contribution is -2.55. The van der Waals surface area contributed by atoms with E-state index >= 15 is 0 Å². The van der Waals surface area contributed by atoms with Crippen molar-refractivity contribution in [3.8, 4) is 0 Å². The summed E-state index contributed by atoms with van der Waals surface area (Å²) in [6.07, 6.45) is 0.883. The van der Waals surface area contributed by atoms with E-state index in [4.69, 9.17) is 5.73 Å². The molecule has 0 bridgehead atoms. The summed E-state index contributed by atoms with van der Waals surface area (Å²) in [6.45, 7) is 5.04. The van der Waals surface area contributed by atoms with Crippen LogP contribution < -0.4 is 5.73 Å². The Kier molecular flexibility index (Phi) is 4.65. The molecule has 0 spiro atoms. The van der Waals surface area contributed by atoms with Gasteiger partial charge in [-0.25, -0.2) is 4.39 Å². The first-order chi connectivity index (χ1) is 8.64. The zero-order valence-electron chi connectivity index (χ0n) is 10.9. The van der Waals surface area contributed by atoms with E-state index in [0.717, 1.165) is 25.1 Å². The summed E-state index contributed by atoms with van der Waals surface area (Å²) in [5.74, 6) is 2.18. The minimum absolute atomic E-state index is 0.0151. The van der Waals surface area contributed by atoms with Crippen molar-refractivity contribution >= 4 is 11.8 Å². The second-order valence-electron chi connectivity index (χ2n) is 5.10. The summed E-state index contributed by atoms with van der Waals surface area (Å²) in [6, 6.07) is 6.78. The highest BCUT2D eigenvalue weighted by Gasteiger charge is 2.31. The summed E-state index contributed by atoms with van der Waals surface area (Å²) in [4.78, 5) is 2.48. The second-order valence-corrected chi connectivity index (χ2v) is 6.33. The molecule has 0 aliphatic carbocycles. The van der Waals surface area contributed by atoms with Gasteiger partial charge in [0.2, 0.25) is 0 Å². The SMILES string of the molecule is CC(CN)(Cc1ccc(F)cc1)N1CCSCC1. The van der Waals surface area contributed by atoms with Gasteiger partial charge in [-0.05, 0) is 31.0 Å². The van der Waals surface area contributed by atoms with Crippen LogP contribution in [0.5, 0.6) is 0 Å². The van der Waals surface area contributed by atoms with Gasteiger partial charge >= 0.3 is 0 Å². The fraction of sp³-hybridized carbons (Fsp3) is 0.571. The molecule has 0 amide bonds. The van der Waals surface area contributed by atoms with Crippen LogP contribution in [0.2, 0.25) is 0 Å². The highest BCUT2D eigenvalue weighted by molar-refractivity contribution is 7.99. The Morgan fingerprint density at radius 1 is 1.28 bits per heavy atom. The molecule has 1 atom stereocenters. The van der Waals surface area contributed by atoms with Gasteiger partial charge in [0.15, 0.2) is 0 Å².